The highest BCUT2D eigenvalue weighted by Crippen LogP contribution is 2.33. The predicted molar refractivity (Wildman–Crippen MR) is 144 cm³/mol. The Bertz CT molecular complexity index is 1370. The van der Waals surface area contributed by atoms with Crippen molar-refractivity contribution in [1.82, 2.24) is 20.2 Å². The smallest absolute Gasteiger partial charge is 0.250 e. The van der Waals surface area contributed by atoms with E-state index in [4.69, 9.17) is 25.8 Å². The highest BCUT2D eigenvalue weighted by molar-refractivity contribution is 7.99. The highest BCUT2D eigenvalue weighted by Gasteiger charge is 2.17. The number of halogens is 1. The molecule has 0 aliphatic carbocycles. The topological polar surface area (TPSA) is 99.9 Å². The molecule has 1 heterocycles. The van der Waals surface area contributed by atoms with E-state index in [1.165, 1.54) is 32.2 Å². The fraction of sp³-hybridized carbons (Fsp3) is 0.154. The molecule has 1 aromatic heterocycles. The second-order valence-electron chi connectivity index (χ2n) is 7.51. The van der Waals surface area contributed by atoms with E-state index in [0.29, 0.717) is 38.8 Å². The first kappa shape index (κ1) is 26.1. The summed E-state index contributed by atoms with van der Waals surface area (Å²) in [6, 6.07) is 20.5. The lowest BCUT2D eigenvalue weighted by atomic mass is 10.2. The van der Waals surface area contributed by atoms with Gasteiger partial charge < -0.3 is 14.2 Å². The molecule has 4 aromatic rings. The van der Waals surface area contributed by atoms with E-state index in [1.54, 1.807) is 31.4 Å². The second-order valence-corrected chi connectivity index (χ2v) is 8.89. The highest BCUT2D eigenvalue weighted by atomic mass is 35.5. The third kappa shape index (κ3) is 6.22. The number of nitrogens with zero attached hydrogens (tertiary/aromatic N) is 4. The molecule has 11 heteroatoms. The van der Waals surface area contributed by atoms with Crippen molar-refractivity contribution in [2.45, 2.75) is 5.16 Å². The van der Waals surface area contributed by atoms with Crippen LogP contribution in [0.5, 0.6) is 17.2 Å². The van der Waals surface area contributed by atoms with Gasteiger partial charge in [-0.15, -0.1) is 10.2 Å². The zero-order valence-electron chi connectivity index (χ0n) is 20.3. The summed E-state index contributed by atoms with van der Waals surface area (Å²) in [7, 11) is 4.61. The number of carbonyl (C=O) groups is 1. The van der Waals surface area contributed by atoms with Gasteiger partial charge in [-0.2, -0.15) is 5.10 Å². The summed E-state index contributed by atoms with van der Waals surface area (Å²) in [6.07, 6.45) is 1.46. The van der Waals surface area contributed by atoms with Crippen LogP contribution < -0.4 is 19.6 Å². The Morgan fingerprint density at radius 3 is 2.30 bits per heavy atom. The van der Waals surface area contributed by atoms with Gasteiger partial charge in [0.05, 0.1) is 38.9 Å². The van der Waals surface area contributed by atoms with Crippen molar-refractivity contribution in [3.8, 4) is 34.3 Å². The Hall–Kier alpha value is -4.02. The largest absolute Gasteiger partial charge is 0.496 e. The van der Waals surface area contributed by atoms with Crippen molar-refractivity contribution in [3.05, 3.63) is 77.3 Å². The molecule has 3 aromatic carbocycles. The summed E-state index contributed by atoms with van der Waals surface area (Å²) in [6.45, 7) is 0. The number of hydrazone groups is 1. The van der Waals surface area contributed by atoms with Crippen molar-refractivity contribution in [3.63, 3.8) is 0 Å². The molecule has 0 saturated heterocycles. The lowest BCUT2D eigenvalue weighted by Crippen LogP contribution is -2.20. The summed E-state index contributed by atoms with van der Waals surface area (Å²) in [4.78, 5) is 12.6. The molecule has 190 valence electrons. The van der Waals surface area contributed by atoms with Crippen molar-refractivity contribution in [2.75, 3.05) is 27.1 Å². The molecular weight excluding hydrogens is 514 g/mol. The Kier molecular flexibility index (Phi) is 8.65. The van der Waals surface area contributed by atoms with Gasteiger partial charge in [0, 0.05) is 28.4 Å². The molecule has 0 bridgehead atoms. The average molecular weight is 538 g/mol. The van der Waals surface area contributed by atoms with Gasteiger partial charge >= 0.3 is 0 Å². The summed E-state index contributed by atoms with van der Waals surface area (Å²) in [5.41, 5.74) is 4.82. The lowest BCUT2D eigenvalue weighted by molar-refractivity contribution is -0.118. The zero-order valence-corrected chi connectivity index (χ0v) is 21.9. The van der Waals surface area contributed by atoms with Gasteiger partial charge in [0.25, 0.3) is 5.91 Å². The number of aromatic nitrogens is 3. The van der Waals surface area contributed by atoms with E-state index < -0.39 is 0 Å². The van der Waals surface area contributed by atoms with Crippen molar-refractivity contribution in [2.24, 2.45) is 5.10 Å². The van der Waals surface area contributed by atoms with Crippen molar-refractivity contribution >= 4 is 35.5 Å². The maximum atomic E-state index is 12.6. The van der Waals surface area contributed by atoms with Crippen LogP contribution in [0.3, 0.4) is 0 Å². The number of thioether (sulfide) groups is 1. The normalized spacial score (nSPS) is 10.9. The average Bonchev–Trinajstić information content (AvgIpc) is 3.36. The van der Waals surface area contributed by atoms with Gasteiger partial charge in [-0.1, -0.05) is 53.7 Å². The van der Waals surface area contributed by atoms with Crippen LogP contribution in [0.15, 0.2) is 77.0 Å². The third-order valence-electron chi connectivity index (χ3n) is 5.22. The fourth-order valence-corrected chi connectivity index (χ4v) is 4.32. The predicted octanol–water partition coefficient (Wildman–Crippen LogP) is 4.86. The summed E-state index contributed by atoms with van der Waals surface area (Å²) in [5, 5.41) is 14.0. The van der Waals surface area contributed by atoms with E-state index in [0.717, 1.165) is 11.3 Å². The summed E-state index contributed by atoms with van der Waals surface area (Å²) < 4.78 is 17.9. The van der Waals surface area contributed by atoms with E-state index in [9.17, 15) is 4.79 Å². The van der Waals surface area contributed by atoms with Crippen LogP contribution in [0.4, 0.5) is 0 Å². The first-order valence-corrected chi connectivity index (χ1v) is 12.4. The van der Waals surface area contributed by atoms with Gasteiger partial charge in [0.1, 0.15) is 17.2 Å². The Balaban J connectivity index is 1.50. The van der Waals surface area contributed by atoms with Gasteiger partial charge in [-0.05, 0) is 24.3 Å². The summed E-state index contributed by atoms with van der Waals surface area (Å²) in [5.74, 6) is 1.96. The number of hydrogen-bond acceptors (Lipinski definition) is 8. The molecule has 0 fully saturated rings. The van der Waals surface area contributed by atoms with Gasteiger partial charge in [-0.3, -0.25) is 9.36 Å². The molecule has 1 N–H and O–H groups in total. The number of amides is 1. The Labute approximate surface area is 223 Å². The third-order valence-corrected chi connectivity index (χ3v) is 6.40. The van der Waals surface area contributed by atoms with Crippen LogP contribution in [-0.4, -0.2) is 54.0 Å². The van der Waals surface area contributed by atoms with Gasteiger partial charge in [-0.25, -0.2) is 5.43 Å². The Morgan fingerprint density at radius 2 is 1.68 bits per heavy atom. The van der Waals surface area contributed by atoms with E-state index in [1.807, 2.05) is 47.0 Å². The second kappa shape index (κ2) is 12.3. The molecule has 37 heavy (non-hydrogen) atoms. The molecule has 0 aliphatic heterocycles. The fourth-order valence-electron chi connectivity index (χ4n) is 3.45. The quantitative estimate of drug-likeness (QED) is 0.175. The molecular formula is C26H24ClN5O4S. The minimum absolute atomic E-state index is 0.0642. The minimum atomic E-state index is -0.320. The van der Waals surface area contributed by atoms with Crippen LogP contribution in [0.2, 0.25) is 5.02 Å². The molecule has 4 rings (SSSR count). The lowest BCUT2D eigenvalue weighted by Gasteiger charge is -2.12. The van der Waals surface area contributed by atoms with Crippen LogP contribution in [0.25, 0.3) is 17.1 Å². The number of nitrogens with one attached hydrogen (secondary N) is 1. The maximum absolute atomic E-state index is 12.6. The van der Waals surface area contributed by atoms with Crippen molar-refractivity contribution in [1.29, 1.82) is 0 Å². The van der Waals surface area contributed by atoms with E-state index in [2.05, 4.69) is 20.7 Å². The van der Waals surface area contributed by atoms with Crippen LogP contribution in [-0.2, 0) is 4.79 Å². The standard InChI is InChI=1S/C26H24ClN5O4S/c1-34-20-13-22(35-2)21(23(14-20)36-3)15-28-29-24(33)16-37-26-31-30-25(17-7-5-4-6-8-17)32(26)19-11-9-18(27)10-12-19/h4-15H,16H2,1-3H3,(H,29,33). The number of hydrogen-bond donors (Lipinski definition) is 1. The number of methoxy groups -OCH3 is 3. The number of benzene rings is 3. The molecule has 0 saturated carbocycles. The SMILES string of the molecule is COc1cc(OC)c(C=NNC(=O)CSc2nnc(-c3ccccc3)n2-c2ccc(Cl)cc2)c(OC)c1. The van der Waals surface area contributed by atoms with Gasteiger partial charge in [0.15, 0.2) is 11.0 Å². The zero-order chi connectivity index (χ0) is 26.2. The number of carbonyl (C=O) groups excluding carboxylic acids is 1. The molecule has 0 spiro atoms. The molecule has 0 aliphatic rings. The van der Waals surface area contributed by atoms with Crippen LogP contribution in [0.1, 0.15) is 5.56 Å². The van der Waals surface area contributed by atoms with E-state index >= 15 is 0 Å². The molecule has 0 unspecified atom stereocenters. The maximum Gasteiger partial charge on any atom is 0.250 e. The first-order valence-electron chi connectivity index (χ1n) is 11.1. The van der Waals surface area contributed by atoms with Gasteiger partial charge in [0.2, 0.25) is 0 Å². The molecule has 9 nitrogen and oxygen atoms in total. The molecule has 0 atom stereocenters. The summed E-state index contributed by atoms with van der Waals surface area (Å²) >= 11 is 7.33. The van der Waals surface area contributed by atoms with Crippen LogP contribution in [0, 0.1) is 0 Å². The van der Waals surface area contributed by atoms with Crippen LogP contribution >= 0.6 is 23.4 Å². The minimum Gasteiger partial charge on any atom is -0.496 e. The molecule has 0 radical (unpaired) electrons. The number of ether oxygens (including phenoxy) is 3. The number of rotatable bonds is 10. The first-order chi connectivity index (χ1) is 18.0. The van der Waals surface area contributed by atoms with Crippen molar-refractivity contribution < 1.29 is 19.0 Å². The monoisotopic (exact) mass is 537 g/mol. The Morgan fingerprint density at radius 1 is 1.00 bits per heavy atom. The molecule has 1 amide bonds. The van der Waals surface area contributed by atoms with E-state index in [-0.39, 0.29) is 11.7 Å².